The Morgan fingerprint density at radius 2 is 1.59 bits per heavy atom. The molecule has 5 aliphatic rings. The van der Waals surface area contributed by atoms with E-state index in [0.29, 0.717) is 49.7 Å². The maximum atomic E-state index is 14.4. The van der Waals surface area contributed by atoms with Crippen molar-refractivity contribution >= 4 is 29.5 Å². The summed E-state index contributed by atoms with van der Waals surface area (Å²) in [4.78, 5) is 50.5. The van der Waals surface area contributed by atoms with Crippen LogP contribution in [-0.4, -0.2) is 110 Å². The summed E-state index contributed by atoms with van der Waals surface area (Å²) in [5.74, 6) is 1.90. The minimum absolute atomic E-state index is 0.0427. The zero-order chi connectivity index (χ0) is 33.8. The Kier molecular flexibility index (Phi) is 8.16. The first-order valence-corrected chi connectivity index (χ1v) is 18.0. The van der Waals surface area contributed by atoms with E-state index in [1.54, 1.807) is 9.58 Å². The van der Waals surface area contributed by atoms with E-state index in [9.17, 15) is 9.59 Å². The minimum atomic E-state index is -0.350. The van der Waals surface area contributed by atoms with Crippen LogP contribution >= 0.6 is 0 Å². The van der Waals surface area contributed by atoms with Crippen LogP contribution in [0, 0.1) is 0 Å². The van der Waals surface area contributed by atoms with Gasteiger partial charge in [-0.1, -0.05) is 11.3 Å². The fourth-order valence-electron chi connectivity index (χ4n) is 8.10. The molecule has 1 N–H and O–H groups in total. The summed E-state index contributed by atoms with van der Waals surface area (Å²) in [5, 5.41) is 12.3. The van der Waals surface area contributed by atoms with Gasteiger partial charge in [-0.15, -0.1) is 5.10 Å². The van der Waals surface area contributed by atoms with Crippen LogP contribution in [-0.2, 0) is 11.2 Å². The molecule has 2 aromatic heterocycles. The van der Waals surface area contributed by atoms with Crippen LogP contribution in [0.2, 0.25) is 0 Å². The highest BCUT2D eigenvalue weighted by Gasteiger charge is 2.60. The normalized spacial score (nSPS) is 22.0. The molecule has 1 atom stereocenters. The molecule has 3 aromatic rings. The van der Waals surface area contributed by atoms with Gasteiger partial charge in [-0.25, -0.2) is 4.79 Å². The van der Waals surface area contributed by atoms with Crippen LogP contribution in [0.5, 0.6) is 0 Å². The standard InChI is InChI=1S/C35H47N11O3/c1-34(2,3)39-33(48)44-17-8-10-24-25(9-7-11-28(24)44)29(47)45-18-12-26(35(45)13-14-35)27-23-46(41-40-27)32-37-30(42-15-5-4-6-16-42)36-31(38-32)43-19-21-49-22-20-43/h7,9,11,23,26H,4-6,8,10,12-22H2,1-3H3,(H,39,48). The predicted octanol–water partition coefficient (Wildman–Crippen LogP) is 3.70. The summed E-state index contributed by atoms with van der Waals surface area (Å²) in [7, 11) is 0. The zero-order valence-electron chi connectivity index (χ0n) is 28.9. The second kappa shape index (κ2) is 12.5. The van der Waals surface area contributed by atoms with E-state index in [0.717, 1.165) is 88.1 Å². The van der Waals surface area contributed by atoms with Crippen molar-refractivity contribution in [1.29, 1.82) is 0 Å². The predicted molar refractivity (Wildman–Crippen MR) is 185 cm³/mol. The smallest absolute Gasteiger partial charge is 0.322 e. The average molecular weight is 670 g/mol. The van der Waals surface area contributed by atoms with Crippen LogP contribution < -0.4 is 20.0 Å². The van der Waals surface area contributed by atoms with E-state index >= 15 is 0 Å². The number of urea groups is 1. The largest absolute Gasteiger partial charge is 0.378 e. The Morgan fingerprint density at radius 1 is 0.878 bits per heavy atom. The summed E-state index contributed by atoms with van der Waals surface area (Å²) < 4.78 is 7.26. The number of amides is 3. The number of morpholine rings is 1. The first-order chi connectivity index (χ1) is 23.7. The number of fused-ring (bicyclic) bond motifs is 1. The SMILES string of the molecule is CC(C)(C)NC(=O)N1CCCc2c(C(=O)N3CCC(c4cn(-c5nc(N6CCCCC6)nc(N6CCOCC6)n5)nn4)C34CC4)cccc21. The van der Waals surface area contributed by atoms with Gasteiger partial charge in [-0.3, -0.25) is 9.69 Å². The number of anilines is 3. The van der Waals surface area contributed by atoms with Crippen LogP contribution in [0.15, 0.2) is 24.4 Å². The number of carbonyl (C=O) groups excluding carboxylic acids is 2. The third kappa shape index (κ3) is 6.08. The summed E-state index contributed by atoms with van der Waals surface area (Å²) in [5.41, 5.74) is 2.73. The van der Waals surface area contributed by atoms with Crippen molar-refractivity contribution in [2.24, 2.45) is 0 Å². The highest BCUT2D eigenvalue weighted by atomic mass is 16.5. The molecule has 3 amide bonds. The van der Waals surface area contributed by atoms with Crippen LogP contribution in [0.1, 0.15) is 93.3 Å². The minimum Gasteiger partial charge on any atom is -0.378 e. The van der Waals surface area contributed by atoms with Gasteiger partial charge in [0, 0.05) is 62.0 Å². The second-order valence-corrected chi connectivity index (χ2v) is 15.1. The van der Waals surface area contributed by atoms with Crippen molar-refractivity contribution in [1.82, 2.24) is 40.2 Å². The van der Waals surface area contributed by atoms with E-state index in [1.807, 2.05) is 45.2 Å². The number of nitrogens with zero attached hydrogens (tertiary/aromatic N) is 10. The van der Waals surface area contributed by atoms with Crippen LogP contribution in [0.3, 0.4) is 0 Å². The lowest BCUT2D eigenvalue weighted by Crippen LogP contribution is -2.50. The van der Waals surface area contributed by atoms with Crippen molar-refractivity contribution in [2.75, 3.05) is 67.2 Å². The average Bonchev–Trinajstić information content (AvgIpc) is 3.59. The highest BCUT2D eigenvalue weighted by Crippen LogP contribution is 2.57. The maximum absolute atomic E-state index is 14.4. The van der Waals surface area contributed by atoms with Gasteiger partial charge >= 0.3 is 6.03 Å². The Hall–Kier alpha value is -4.33. The van der Waals surface area contributed by atoms with E-state index in [2.05, 4.69) is 30.3 Å². The van der Waals surface area contributed by atoms with Crippen molar-refractivity contribution in [3.8, 4) is 5.95 Å². The zero-order valence-corrected chi connectivity index (χ0v) is 28.9. The van der Waals surface area contributed by atoms with Gasteiger partial charge < -0.3 is 24.8 Å². The molecule has 4 aliphatic heterocycles. The van der Waals surface area contributed by atoms with Crippen molar-refractivity contribution in [2.45, 2.75) is 89.1 Å². The van der Waals surface area contributed by atoms with Gasteiger partial charge in [0.1, 0.15) is 0 Å². The summed E-state index contributed by atoms with van der Waals surface area (Å²) >= 11 is 0. The fraction of sp³-hybridized carbons (Fsp3) is 0.629. The first kappa shape index (κ1) is 31.9. The van der Waals surface area contributed by atoms with Crippen LogP contribution in [0.25, 0.3) is 5.95 Å². The molecule has 49 heavy (non-hydrogen) atoms. The molecule has 14 heteroatoms. The molecule has 6 heterocycles. The molecule has 1 spiro atoms. The number of hydrogen-bond donors (Lipinski definition) is 1. The van der Waals surface area contributed by atoms with Crippen LogP contribution in [0.4, 0.5) is 22.4 Å². The molecule has 1 aromatic carbocycles. The lowest BCUT2D eigenvalue weighted by Gasteiger charge is -2.34. The monoisotopic (exact) mass is 669 g/mol. The quantitative estimate of drug-likeness (QED) is 0.428. The van der Waals surface area contributed by atoms with Gasteiger partial charge in [0.25, 0.3) is 11.9 Å². The molecule has 1 unspecified atom stereocenters. The number of piperidine rings is 1. The molecule has 1 saturated carbocycles. The highest BCUT2D eigenvalue weighted by molar-refractivity contribution is 6.01. The second-order valence-electron chi connectivity index (χ2n) is 15.1. The van der Waals surface area contributed by atoms with E-state index in [-0.39, 0.29) is 28.9 Å². The number of likely N-dealkylation sites (tertiary alicyclic amines) is 1. The number of aromatic nitrogens is 6. The molecule has 1 aliphatic carbocycles. The van der Waals surface area contributed by atoms with Gasteiger partial charge in [-0.05, 0) is 89.8 Å². The Balaban J connectivity index is 1.05. The number of ether oxygens (including phenoxy) is 1. The van der Waals surface area contributed by atoms with E-state index in [4.69, 9.17) is 19.7 Å². The summed E-state index contributed by atoms with van der Waals surface area (Å²) in [6.07, 6.45) is 9.67. The summed E-state index contributed by atoms with van der Waals surface area (Å²) in [6.45, 7) is 11.8. The molecular weight excluding hydrogens is 622 g/mol. The Labute approximate surface area is 287 Å². The molecule has 4 fully saturated rings. The third-order valence-corrected chi connectivity index (χ3v) is 10.6. The summed E-state index contributed by atoms with van der Waals surface area (Å²) in [6, 6.07) is 5.68. The molecule has 14 nitrogen and oxygen atoms in total. The Bertz CT molecular complexity index is 1680. The molecular formula is C35H47N11O3. The van der Waals surface area contributed by atoms with Crippen molar-refractivity contribution in [3.05, 3.63) is 41.2 Å². The van der Waals surface area contributed by atoms with E-state index in [1.165, 1.54) is 6.42 Å². The third-order valence-electron chi connectivity index (χ3n) is 10.6. The lowest BCUT2D eigenvalue weighted by atomic mass is 9.93. The molecule has 260 valence electrons. The van der Waals surface area contributed by atoms with Gasteiger partial charge in [0.2, 0.25) is 11.9 Å². The number of benzene rings is 1. The lowest BCUT2D eigenvalue weighted by molar-refractivity contribution is 0.0707. The number of carbonyl (C=O) groups is 2. The Morgan fingerprint density at radius 3 is 2.31 bits per heavy atom. The topological polar surface area (TPSA) is 138 Å². The number of rotatable bonds is 5. The number of hydrogen-bond acceptors (Lipinski definition) is 10. The fourth-order valence-corrected chi connectivity index (χ4v) is 8.10. The van der Waals surface area contributed by atoms with Crippen molar-refractivity contribution < 1.29 is 14.3 Å². The van der Waals surface area contributed by atoms with Gasteiger partial charge in [-0.2, -0.15) is 19.6 Å². The molecule has 0 radical (unpaired) electrons. The molecule has 0 bridgehead atoms. The number of nitrogens with one attached hydrogen (secondary N) is 1. The van der Waals surface area contributed by atoms with Crippen molar-refractivity contribution in [3.63, 3.8) is 0 Å². The van der Waals surface area contributed by atoms with E-state index < -0.39 is 0 Å². The maximum Gasteiger partial charge on any atom is 0.322 e. The van der Waals surface area contributed by atoms with Gasteiger partial charge in [0.05, 0.1) is 30.6 Å². The molecule has 3 saturated heterocycles. The molecule has 8 rings (SSSR count). The first-order valence-electron chi connectivity index (χ1n) is 18.0. The van der Waals surface area contributed by atoms with Gasteiger partial charge in [0.15, 0.2) is 0 Å².